The first-order valence-corrected chi connectivity index (χ1v) is 7.39. The minimum atomic E-state index is -0.814. The van der Waals surface area contributed by atoms with Crippen LogP contribution in [0.4, 0.5) is 0 Å². The van der Waals surface area contributed by atoms with Crippen LogP contribution in [0.5, 0.6) is 5.75 Å². The number of esters is 1. The van der Waals surface area contributed by atoms with Crippen LogP contribution in [-0.4, -0.2) is 29.2 Å². The number of thiocarbonyl (C=S) groups is 1. The molecule has 1 fully saturated rings. The van der Waals surface area contributed by atoms with E-state index in [9.17, 15) is 9.90 Å². The molecule has 0 amide bonds. The molecule has 110 valence electrons. The van der Waals surface area contributed by atoms with Crippen LogP contribution in [0.15, 0.2) is 24.0 Å². The highest BCUT2D eigenvalue weighted by Gasteiger charge is 2.50. The predicted molar refractivity (Wildman–Crippen MR) is 82.6 cm³/mol. The molecule has 0 bridgehead atoms. The molecule has 1 aliphatic carbocycles. The molecule has 1 aromatic rings. The van der Waals surface area contributed by atoms with Gasteiger partial charge in [-0.05, 0) is 49.4 Å². The van der Waals surface area contributed by atoms with Crippen molar-refractivity contribution in [2.45, 2.75) is 31.3 Å². The Morgan fingerprint density at radius 2 is 2.10 bits per heavy atom. The summed E-state index contributed by atoms with van der Waals surface area (Å²) in [6.07, 6.45) is 3.26. The van der Waals surface area contributed by atoms with E-state index in [0.29, 0.717) is 29.7 Å². The molecular formula is C16H16O4S. The van der Waals surface area contributed by atoms with Gasteiger partial charge in [0, 0.05) is 10.9 Å². The Labute approximate surface area is 128 Å². The molecule has 0 radical (unpaired) electrons. The second-order valence-corrected chi connectivity index (χ2v) is 5.62. The maximum absolute atomic E-state index is 12.2. The van der Waals surface area contributed by atoms with E-state index >= 15 is 0 Å². The Bertz CT molecular complexity index is 642. The molecule has 1 aromatic carbocycles. The topological polar surface area (TPSA) is 55.8 Å². The minimum Gasteiger partial charge on any atom is -0.507 e. The molecule has 0 atom stereocenters. The van der Waals surface area contributed by atoms with Crippen molar-refractivity contribution in [3.8, 4) is 5.75 Å². The van der Waals surface area contributed by atoms with Gasteiger partial charge in [-0.15, -0.1) is 0 Å². The number of methoxy groups -OCH3 is 1. The first-order valence-electron chi connectivity index (χ1n) is 6.92. The van der Waals surface area contributed by atoms with Gasteiger partial charge in [0.05, 0.1) is 7.11 Å². The van der Waals surface area contributed by atoms with Crippen molar-refractivity contribution in [3.63, 3.8) is 0 Å². The molecule has 0 unspecified atom stereocenters. The fourth-order valence-corrected chi connectivity index (χ4v) is 3.31. The molecule has 1 saturated carbocycles. The summed E-state index contributed by atoms with van der Waals surface area (Å²) >= 11 is 5.02. The monoisotopic (exact) mass is 304 g/mol. The van der Waals surface area contributed by atoms with Crippen LogP contribution in [0.25, 0.3) is 5.57 Å². The highest BCUT2D eigenvalue weighted by atomic mass is 32.1. The first-order chi connectivity index (χ1) is 10.1. The summed E-state index contributed by atoms with van der Waals surface area (Å²) in [7, 11) is 1.57. The van der Waals surface area contributed by atoms with Crippen molar-refractivity contribution in [2.75, 3.05) is 7.11 Å². The maximum atomic E-state index is 12.2. The van der Waals surface area contributed by atoms with Crippen LogP contribution in [0.2, 0.25) is 0 Å². The lowest BCUT2D eigenvalue weighted by molar-refractivity contribution is -0.146. The second kappa shape index (κ2) is 5.15. The van der Waals surface area contributed by atoms with Gasteiger partial charge in [-0.1, -0.05) is 12.2 Å². The van der Waals surface area contributed by atoms with Gasteiger partial charge >= 0.3 is 5.97 Å². The average molecular weight is 304 g/mol. The fourth-order valence-electron chi connectivity index (χ4n) is 3.12. The summed E-state index contributed by atoms with van der Waals surface area (Å²) < 4.78 is 10.7. The Morgan fingerprint density at radius 1 is 1.38 bits per heavy atom. The molecule has 0 aromatic heterocycles. The summed E-state index contributed by atoms with van der Waals surface area (Å²) in [5.41, 5.74) is 0.677. The zero-order chi connectivity index (χ0) is 15.0. The summed E-state index contributed by atoms with van der Waals surface area (Å²) in [5.74, 6) is 0.225. The van der Waals surface area contributed by atoms with Gasteiger partial charge in [-0.25, -0.2) is 4.79 Å². The largest absolute Gasteiger partial charge is 0.507 e. The van der Waals surface area contributed by atoms with Crippen LogP contribution in [0, 0.1) is 0 Å². The van der Waals surface area contributed by atoms with Gasteiger partial charge in [0.1, 0.15) is 11.3 Å². The van der Waals surface area contributed by atoms with E-state index in [0.717, 1.165) is 12.8 Å². The van der Waals surface area contributed by atoms with E-state index in [2.05, 4.69) is 0 Å². The number of benzene rings is 1. The van der Waals surface area contributed by atoms with E-state index in [-0.39, 0.29) is 11.3 Å². The molecule has 1 N–H and O–H groups in total. The zero-order valence-corrected chi connectivity index (χ0v) is 12.5. The predicted octanol–water partition coefficient (Wildman–Crippen LogP) is 3.18. The number of aliphatic hydroxyl groups is 1. The molecule has 3 rings (SSSR count). The maximum Gasteiger partial charge on any atom is 0.343 e. The molecule has 4 nitrogen and oxygen atoms in total. The van der Waals surface area contributed by atoms with Crippen LogP contribution < -0.4 is 4.74 Å². The van der Waals surface area contributed by atoms with Crippen LogP contribution in [0.3, 0.4) is 0 Å². The van der Waals surface area contributed by atoms with Crippen molar-refractivity contribution in [2.24, 2.45) is 0 Å². The van der Waals surface area contributed by atoms with Crippen molar-refractivity contribution < 1.29 is 19.4 Å². The lowest BCUT2D eigenvalue weighted by Gasteiger charge is -2.21. The third kappa shape index (κ3) is 2.12. The third-order valence-corrected chi connectivity index (χ3v) is 4.48. The highest BCUT2D eigenvalue weighted by molar-refractivity contribution is 7.79. The number of aliphatic hydroxyl groups excluding tert-OH is 1. The quantitative estimate of drug-likeness (QED) is 0.686. The van der Waals surface area contributed by atoms with Gasteiger partial charge in [0.25, 0.3) is 0 Å². The Kier molecular flexibility index (Phi) is 3.45. The standard InChI is InChI=1S/C16H16O4S/c1-19-11-4-5-12(10(8-11)9-21)13-14(17)16(20-15(13)18)6-2-3-7-16/h4-5,8-9,17H,2-3,6-7H2,1H3. The number of hydrogen-bond acceptors (Lipinski definition) is 5. The molecule has 1 heterocycles. The molecule has 1 aliphatic heterocycles. The summed E-state index contributed by atoms with van der Waals surface area (Å²) in [5, 5.41) is 12.0. The Balaban J connectivity index is 2.13. The molecule has 1 spiro atoms. The average Bonchev–Trinajstić information content (AvgIpc) is 3.05. The van der Waals surface area contributed by atoms with Crippen molar-refractivity contribution >= 4 is 29.1 Å². The van der Waals surface area contributed by atoms with Gasteiger partial charge < -0.3 is 14.6 Å². The zero-order valence-electron chi connectivity index (χ0n) is 11.7. The molecule has 2 aliphatic rings. The molecule has 0 saturated heterocycles. The normalized spacial score (nSPS) is 20.0. The van der Waals surface area contributed by atoms with E-state index < -0.39 is 11.6 Å². The number of rotatable bonds is 3. The van der Waals surface area contributed by atoms with Crippen LogP contribution in [0.1, 0.15) is 36.8 Å². The molecular weight excluding hydrogens is 288 g/mol. The van der Waals surface area contributed by atoms with E-state index in [1.54, 1.807) is 25.3 Å². The molecule has 21 heavy (non-hydrogen) atoms. The first kappa shape index (κ1) is 14.1. The SMILES string of the molecule is COc1ccc(C2=C(O)C3(CCCC3)OC2=O)c(C=S)c1. The van der Waals surface area contributed by atoms with Crippen LogP contribution >= 0.6 is 12.2 Å². The van der Waals surface area contributed by atoms with E-state index in [4.69, 9.17) is 21.7 Å². The second-order valence-electron chi connectivity index (χ2n) is 5.39. The van der Waals surface area contributed by atoms with Gasteiger partial charge in [-0.2, -0.15) is 0 Å². The number of hydrogen-bond donors (Lipinski definition) is 1. The highest BCUT2D eigenvalue weighted by Crippen LogP contribution is 2.46. The van der Waals surface area contributed by atoms with Crippen molar-refractivity contribution in [1.29, 1.82) is 0 Å². The third-order valence-electron chi connectivity index (χ3n) is 4.23. The van der Waals surface area contributed by atoms with Gasteiger partial charge in [0.15, 0.2) is 11.4 Å². The smallest absolute Gasteiger partial charge is 0.343 e. The van der Waals surface area contributed by atoms with Gasteiger partial charge in [0.2, 0.25) is 0 Å². The number of carbonyl (C=O) groups is 1. The Hall–Kier alpha value is -1.88. The van der Waals surface area contributed by atoms with Crippen molar-refractivity contribution in [3.05, 3.63) is 35.1 Å². The van der Waals surface area contributed by atoms with E-state index in [1.807, 2.05) is 0 Å². The Morgan fingerprint density at radius 3 is 2.71 bits per heavy atom. The number of ether oxygens (including phenoxy) is 2. The van der Waals surface area contributed by atoms with Crippen LogP contribution in [-0.2, 0) is 9.53 Å². The summed E-state index contributed by atoms with van der Waals surface area (Å²) in [4.78, 5) is 12.2. The lowest BCUT2D eigenvalue weighted by atomic mass is 9.93. The fraction of sp³-hybridized carbons (Fsp3) is 0.375. The molecule has 5 heteroatoms. The van der Waals surface area contributed by atoms with Crippen molar-refractivity contribution in [1.82, 2.24) is 0 Å². The minimum absolute atomic E-state index is 0.0493. The van der Waals surface area contributed by atoms with Gasteiger partial charge in [-0.3, -0.25) is 0 Å². The number of carbonyl (C=O) groups excluding carboxylic acids is 1. The van der Waals surface area contributed by atoms with E-state index in [1.165, 1.54) is 5.37 Å². The summed E-state index contributed by atoms with van der Waals surface area (Å²) in [6, 6.07) is 5.22. The lowest BCUT2D eigenvalue weighted by Crippen LogP contribution is -2.27. The summed E-state index contributed by atoms with van der Waals surface area (Å²) in [6.45, 7) is 0.